The Morgan fingerprint density at radius 1 is 1.35 bits per heavy atom. The molecule has 2 atom stereocenters. The van der Waals surface area contributed by atoms with E-state index in [1.165, 1.54) is 4.90 Å². The molecule has 17 heavy (non-hydrogen) atoms. The topological polar surface area (TPSA) is 66.6 Å². The summed E-state index contributed by atoms with van der Waals surface area (Å²) in [7, 11) is 0. The number of carbonyl (C=O) groups excluding carboxylic acids is 1. The SMILES string of the molecule is C[C@@H]1[C@H](C(=O)O)N1C(=O)OCc1ccccc1. The predicted octanol–water partition coefficient (Wildman–Crippen LogP) is 1.48. The molecule has 0 unspecified atom stereocenters. The summed E-state index contributed by atoms with van der Waals surface area (Å²) in [4.78, 5) is 23.5. The van der Waals surface area contributed by atoms with Crippen LogP contribution in [0.3, 0.4) is 0 Å². The van der Waals surface area contributed by atoms with E-state index >= 15 is 0 Å². The van der Waals surface area contributed by atoms with Gasteiger partial charge in [0.1, 0.15) is 6.61 Å². The molecule has 0 spiro atoms. The van der Waals surface area contributed by atoms with Gasteiger partial charge in [-0.25, -0.2) is 9.59 Å². The number of hydrogen-bond acceptors (Lipinski definition) is 3. The highest BCUT2D eigenvalue weighted by Gasteiger charge is 2.53. The normalized spacial score (nSPS) is 22.1. The Bertz CT molecular complexity index is 431. The Morgan fingerprint density at radius 3 is 2.53 bits per heavy atom. The number of ether oxygens (including phenoxy) is 1. The molecule has 0 aromatic heterocycles. The molecule has 1 saturated heterocycles. The lowest BCUT2D eigenvalue weighted by Gasteiger charge is -2.05. The fourth-order valence-electron chi connectivity index (χ4n) is 1.75. The molecule has 1 aliphatic heterocycles. The minimum Gasteiger partial charge on any atom is -0.480 e. The minimum atomic E-state index is -0.992. The second-order valence-electron chi connectivity index (χ2n) is 3.97. The van der Waals surface area contributed by atoms with Gasteiger partial charge < -0.3 is 9.84 Å². The highest BCUT2D eigenvalue weighted by atomic mass is 16.6. The molecule has 1 N–H and O–H groups in total. The monoisotopic (exact) mass is 235 g/mol. The standard InChI is InChI=1S/C12H13NO4/c1-8-10(11(14)15)13(8)12(16)17-7-9-5-3-2-4-6-9/h2-6,8,10H,7H2,1H3,(H,14,15)/t8-,10-,13?/m1/s1. The van der Waals surface area contributed by atoms with Gasteiger partial charge in [0.05, 0.1) is 6.04 Å². The van der Waals surface area contributed by atoms with Crippen molar-refractivity contribution in [1.82, 2.24) is 4.90 Å². The van der Waals surface area contributed by atoms with Crippen LogP contribution in [0.25, 0.3) is 0 Å². The number of benzene rings is 1. The van der Waals surface area contributed by atoms with Crippen LogP contribution in [0.2, 0.25) is 0 Å². The lowest BCUT2D eigenvalue weighted by Crippen LogP contribution is -2.19. The zero-order chi connectivity index (χ0) is 12.4. The maximum atomic E-state index is 11.5. The van der Waals surface area contributed by atoms with Gasteiger partial charge in [-0.05, 0) is 12.5 Å². The minimum absolute atomic E-state index is 0.162. The Kier molecular flexibility index (Phi) is 2.99. The number of nitrogens with zero attached hydrogens (tertiary/aromatic N) is 1. The van der Waals surface area contributed by atoms with E-state index in [2.05, 4.69) is 0 Å². The van der Waals surface area contributed by atoms with E-state index < -0.39 is 18.1 Å². The number of amides is 1. The van der Waals surface area contributed by atoms with E-state index in [4.69, 9.17) is 9.84 Å². The van der Waals surface area contributed by atoms with Crippen molar-refractivity contribution in [3.05, 3.63) is 35.9 Å². The van der Waals surface area contributed by atoms with Gasteiger partial charge in [-0.1, -0.05) is 30.3 Å². The third-order valence-electron chi connectivity index (χ3n) is 2.77. The molecule has 2 rings (SSSR count). The first-order chi connectivity index (χ1) is 8.11. The molecular formula is C12H13NO4. The molecule has 0 radical (unpaired) electrons. The molecule has 90 valence electrons. The van der Waals surface area contributed by atoms with E-state index in [0.29, 0.717) is 0 Å². The quantitative estimate of drug-likeness (QED) is 0.806. The number of aliphatic carboxylic acids is 1. The predicted molar refractivity (Wildman–Crippen MR) is 59.4 cm³/mol. The van der Waals surface area contributed by atoms with Gasteiger partial charge in [-0.2, -0.15) is 0 Å². The van der Waals surface area contributed by atoms with Gasteiger partial charge in [0.25, 0.3) is 0 Å². The lowest BCUT2D eigenvalue weighted by atomic mass is 10.2. The van der Waals surface area contributed by atoms with Crippen molar-refractivity contribution >= 4 is 12.1 Å². The zero-order valence-electron chi connectivity index (χ0n) is 9.37. The Labute approximate surface area is 98.6 Å². The molecule has 1 aromatic carbocycles. The smallest absolute Gasteiger partial charge is 0.411 e. The van der Waals surface area contributed by atoms with Crippen LogP contribution in [-0.2, 0) is 16.1 Å². The molecule has 1 aliphatic rings. The second-order valence-corrected chi connectivity index (χ2v) is 3.97. The lowest BCUT2D eigenvalue weighted by molar-refractivity contribution is -0.137. The van der Waals surface area contributed by atoms with Crippen LogP contribution >= 0.6 is 0 Å². The van der Waals surface area contributed by atoms with Crippen molar-refractivity contribution < 1.29 is 19.4 Å². The van der Waals surface area contributed by atoms with E-state index in [9.17, 15) is 9.59 Å². The zero-order valence-corrected chi connectivity index (χ0v) is 9.37. The number of carboxylic acids is 1. The molecule has 1 amide bonds. The number of rotatable bonds is 3. The summed E-state index contributed by atoms with van der Waals surface area (Å²) in [6, 6.07) is 8.24. The van der Waals surface area contributed by atoms with Gasteiger partial charge in [0, 0.05) is 0 Å². The van der Waals surface area contributed by atoms with Crippen LogP contribution in [0.4, 0.5) is 4.79 Å². The average molecular weight is 235 g/mol. The van der Waals surface area contributed by atoms with Crippen molar-refractivity contribution in [3.8, 4) is 0 Å². The van der Waals surface area contributed by atoms with Gasteiger partial charge in [-0.3, -0.25) is 4.90 Å². The van der Waals surface area contributed by atoms with Gasteiger partial charge in [0.15, 0.2) is 6.04 Å². The highest BCUT2D eigenvalue weighted by Crippen LogP contribution is 2.29. The van der Waals surface area contributed by atoms with E-state index in [1.54, 1.807) is 6.92 Å². The summed E-state index contributed by atoms with van der Waals surface area (Å²) in [5.74, 6) is -0.992. The third kappa shape index (κ3) is 2.38. The molecule has 0 bridgehead atoms. The van der Waals surface area contributed by atoms with Crippen molar-refractivity contribution in [2.45, 2.75) is 25.6 Å². The summed E-state index contributed by atoms with van der Waals surface area (Å²) < 4.78 is 5.03. The number of carboxylic acid groups (broad SMARTS) is 1. The first-order valence-corrected chi connectivity index (χ1v) is 5.33. The van der Waals surface area contributed by atoms with E-state index in [0.717, 1.165) is 5.56 Å². The Hall–Kier alpha value is -2.04. The number of hydrogen-bond donors (Lipinski definition) is 1. The largest absolute Gasteiger partial charge is 0.480 e. The Balaban J connectivity index is 1.85. The summed E-state index contributed by atoms with van der Waals surface area (Å²) in [5.41, 5.74) is 0.877. The first kappa shape index (κ1) is 11.4. The van der Waals surface area contributed by atoms with E-state index in [-0.39, 0.29) is 12.6 Å². The maximum Gasteiger partial charge on any atom is 0.411 e. The molecule has 1 fully saturated rings. The van der Waals surface area contributed by atoms with Crippen LogP contribution in [-0.4, -0.2) is 34.2 Å². The van der Waals surface area contributed by atoms with Gasteiger partial charge in [-0.15, -0.1) is 0 Å². The summed E-state index contributed by atoms with van der Waals surface area (Å²) in [6.07, 6.45) is -0.575. The summed E-state index contributed by atoms with van der Waals surface area (Å²) in [5, 5.41) is 8.78. The van der Waals surface area contributed by atoms with Crippen molar-refractivity contribution in [1.29, 1.82) is 0 Å². The van der Waals surface area contributed by atoms with Gasteiger partial charge >= 0.3 is 12.1 Å². The average Bonchev–Trinajstić information content (AvgIpc) is 2.99. The fraction of sp³-hybridized carbons (Fsp3) is 0.333. The highest BCUT2D eigenvalue weighted by molar-refractivity contribution is 5.86. The molecule has 0 aliphatic carbocycles. The molecule has 1 heterocycles. The van der Waals surface area contributed by atoms with Gasteiger partial charge in [0.2, 0.25) is 0 Å². The van der Waals surface area contributed by atoms with Crippen molar-refractivity contribution in [3.63, 3.8) is 0 Å². The number of carbonyl (C=O) groups is 2. The summed E-state index contributed by atoms with van der Waals surface area (Å²) in [6.45, 7) is 1.85. The van der Waals surface area contributed by atoms with Crippen LogP contribution in [0.15, 0.2) is 30.3 Å². The van der Waals surface area contributed by atoms with Crippen LogP contribution in [0, 0.1) is 0 Å². The molecule has 5 nitrogen and oxygen atoms in total. The first-order valence-electron chi connectivity index (χ1n) is 5.33. The second kappa shape index (κ2) is 4.45. The molecule has 1 aromatic rings. The molecule has 5 heteroatoms. The van der Waals surface area contributed by atoms with Crippen LogP contribution in [0.5, 0.6) is 0 Å². The summed E-state index contributed by atoms with van der Waals surface area (Å²) >= 11 is 0. The maximum absolute atomic E-state index is 11.5. The van der Waals surface area contributed by atoms with E-state index in [1.807, 2.05) is 30.3 Å². The van der Waals surface area contributed by atoms with Crippen molar-refractivity contribution in [2.75, 3.05) is 0 Å². The third-order valence-corrected chi connectivity index (χ3v) is 2.77. The molecule has 0 saturated carbocycles. The van der Waals surface area contributed by atoms with Crippen molar-refractivity contribution in [2.24, 2.45) is 0 Å². The molecular weight excluding hydrogens is 222 g/mol. The van der Waals surface area contributed by atoms with Crippen LogP contribution < -0.4 is 0 Å². The van der Waals surface area contributed by atoms with Crippen LogP contribution in [0.1, 0.15) is 12.5 Å². The fourth-order valence-corrected chi connectivity index (χ4v) is 1.75. The Morgan fingerprint density at radius 2 is 2.00 bits per heavy atom.